The molecule has 0 radical (unpaired) electrons. The smallest absolute Gasteiger partial charge is 0.254 e. The molecule has 0 unspecified atom stereocenters. The molecule has 0 spiro atoms. The van der Waals surface area contributed by atoms with Gasteiger partial charge in [0.1, 0.15) is 17.6 Å². The molecule has 0 bridgehead atoms. The molecule has 7 nitrogen and oxygen atoms in total. The highest BCUT2D eigenvalue weighted by molar-refractivity contribution is 5.97. The Morgan fingerprint density at radius 3 is 2.25 bits per heavy atom. The van der Waals surface area contributed by atoms with E-state index in [0.717, 1.165) is 27.7 Å². The molecule has 7 heteroatoms. The van der Waals surface area contributed by atoms with Gasteiger partial charge in [0.25, 0.3) is 5.91 Å². The van der Waals surface area contributed by atoms with Gasteiger partial charge in [0, 0.05) is 49.4 Å². The second kappa shape index (κ2) is 8.75. The summed E-state index contributed by atoms with van der Waals surface area (Å²) >= 11 is 0. The Morgan fingerprint density at radius 1 is 1.00 bits per heavy atom. The van der Waals surface area contributed by atoms with Crippen LogP contribution >= 0.6 is 0 Å². The summed E-state index contributed by atoms with van der Waals surface area (Å²) in [7, 11) is 3.13. The summed E-state index contributed by atoms with van der Waals surface area (Å²) in [6.07, 6.45) is 1.65. The number of nitriles is 1. The van der Waals surface area contributed by atoms with Crippen molar-refractivity contribution in [3.63, 3.8) is 0 Å². The number of hydrogen-bond acceptors (Lipinski definition) is 6. The van der Waals surface area contributed by atoms with Crippen molar-refractivity contribution in [2.75, 3.05) is 45.3 Å². The number of fused-ring (bicyclic) bond motifs is 1. The second-order valence-corrected chi connectivity index (χ2v) is 7.99. The number of rotatable bonds is 4. The average Bonchev–Trinajstić information content (AvgIpc) is 2.82. The highest BCUT2D eigenvalue weighted by Gasteiger charge is 2.26. The minimum Gasteiger partial charge on any atom is -0.497 e. The minimum absolute atomic E-state index is 0.0615. The predicted octanol–water partition coefficient (Wildman–Crippen LogP) is 3.70. The van der Waals surface area contributed by atoms with Gasteiger partial charge < -0.3 is 19.3 Å². The van der Waals surface area contributed by atoms with Crippen LogP contribution in [0.15, 0.2) is 36.5 Å². The Balaban J connectivity index is 1.60. The molecular weight excluding hydrogens is 404 g/mol. The Morgan fingerprint density at radius 2 is 1.66 bits per heavy atom. The summed E-state index contributed by atoms with van der Waals surface area (Å²) in [5.41, 5.74) is 5.12. The van der Waals surface area contributed by atoms with E-state index in [0.29, 0.717) is 48.8 Å². The van der Waals surface area contributed by atoms with Crippen LogP contribution in [0.1, 0.15) is 27.0 Å². The number of hydrogen-bond donors (Lipinski definition) is 0. The van der Waals surface area contributed by atoms with Gasteiger partial charge in [-0.3, -0.25) is 9.78 Å². The third kappa shape index (κ3) is 3.92. The number of aromatic nitrogens is 1. The molecule has 1 amide bonds. The molecule has 1 aliphatic heterocycles. The van der Waals surface area contributed by atoms with Gasteiger partial charge in [-0.25, -0.2) is 0 Å². The van der Waals surface area contributed by atoms with Gasteiger partial charge in [0.2, 0.25) is 0 Å². The molecule has 2 aromatic carbocycles. The summed E-state index contributed by atoms with van der Waals surface area (Å²) in [6.45, 7) is 6.46. The molecule has 0 aliphatic carbocycles. The van der Waals surface area contributed by atoms with Crippen LogP contribution in [-0.2, 0) is 0 Å². The van der Waals surface area contributed by atoms with Crippen LogP contribution in [0.5, 0.6) is 11.5 Å². The maximum atomic E-state index is 13.1. The van der Waals surface area contributed by atoms with Gasteiger partial charge in [-0.1, -0.05) is 11.6 Å². The van der Waals surface area contributed by atoms with Crippen molar-refractivity contribution in [3.05, 3.63) is 58.8 Å². The number of ether oxygens (including phenoxy) is 2. The van der Waals surface area contributed by atoms with E-state index < -0.39 is 0 Å². The summed E-state index contributed by atoms with van der Waals surface area (Å²) < 4.78 is 10.6. The molecule has 1 aliphatic rings. The van der Waals surface area contributed by atoms with Crippen LogP contribution in [-0.4, -0.2) is 56.2 Å². The monoisotopic (exact) mass is 430 g/mol. The van der Waals surface area contributed by atoms with Gasteiger partial charge in [-0.15, -0.1) is 0 Å². The van der Waals surface area contributed by atoms with Crippen molar-refractivity contribution >= 4 is 22.5 Å². The van der Waals surface area contributed by atoms with E-state index >= 15 is 0 Å². The van der Waals surface area contributed by atoms with Crippen molar-refractivity contribution < 1.29 is 14.3 Å². The molecule has 164 valence electrons. The molecule has 1 saturated heterocycles. The molecule has 32 heavy (non-hydrogen) atoms. The number of carbonyl (C=O) groups excluding carboxylic acids is 1. The van der Waals surface area contributed by atoms with Crippen LogP contribution in [0.3, 0.4) is 0 Å². The lowest BCUT2D eigenvalue weighted by molar-refractivity contribution is 0.0746. The van der Waals surface area contributed by atoms with Gasteiger partial charge >= 0.3 is 0 Å². The first-order chi connectivity index (χ1) is 15.4. The fourth-order valence-corrected chi connectivity index (χ4v) is 4.32. The zero-order valence-corrected chi connectivity index (χ0v) is 18.8. The van der Waals surface area contributed by atoms with Crippen LogP contribution < -0.4 is 14.4 Å². The highest BCUT2D eigenvalue weighted by atomic mass is 16.5. The van der Waals surface area contributed by atoms with Crippen LogP contribution in [0, 0.1) is 25.2 Å². The van der Waals surface area contributed by atoms with E-state index in [4.69, 9.17) is 9.47 Å². The summed E-state index contributed by atoms with van der Waals surface area (Å²) in [4.78, 5) is 21.7. The van der Waals surface area contributed by atoms with Crippen molar-refractivity contribution in [1.82, 2.24) is 9.88 Å². The number of pyridine rings is 1. The van der Waals surface area contributed by atoms with E-state index in [2.05, 4.69) is 28.1 Å². The topological polar surface area (TPSA) is 78.7 Å². The van der Waals surface area contributed by atoms with Crippen LogP contribution in [0.2, 0.25) is 0 Å². The van der Waals surface area contributed by atoms with Crippen molar-refractivity contribution in [3.8, 4) is 17.6 Å². The third-order valence-corrected chi connectivity index (χ3v) is 5.88. The number of amides is 1. The summed E-state index contributed by atoms with van der Waals surface area (Å²) in [5.74, 6) is 1.10. The third-order valence-electron chi connectivity index (χ3n) is 5.88. The van der Waals surface area contributed by atoms with Gasteiger partial charge in [-0.2, -0.15) is 5.26 Å². The maximum Gasteiger partial charge on any atom is 0.254 e. The first-order valence-corrected chi connectivity index (χ1v) is 10.5. The van der Waals surface area contributed by atoms with E-state index in [9.17, 15) is 10.1 Å². The van der Waals surface area contributed by atoms with E-state index in [1.54, 1.807) is 38.6 Å². The molecule has 3 aromatic rings. The summed E-state index contributed by atoms with van der Waals surface area (Å²) in [5, 5.41) is 10.7. The molecule has 0 atom stereocenters. The molecule has 0 N–H and O–H groups in total. The van der Waals surface area contributed by atoms with Crippen LogP contribution in [0.4, 0.5) is 5.69 Å². The zero-order valence-electron chi connectivity index (χ0n) is 18.8. The van der Waals surface area contributed by atoms with Crippen molar-refractivity contribution in [1.29, 1.82) is 5.26 Å². The maximum absolute atomic E-state index is 13.1. The molecule has 1 aromatic heterocycles. The molecule has 2 heterocycles. The fraction of sp³-hybridized carbons (Fsp3) is 0.320. The van der Waals surface area contributed by atoms with Gasteiger partial charge in [0.15, 0.2) is 0 Å². The van der Waals surface area contributed by atoms with E-state index in [1.807, 2.05) is 18.7 Å². The molecule has 4 rings (SSSR count). The number of benzene rings is 2. The average molecular weight is 431 g/mol. The number of aryl methyl sites for hydroxylation is 2. The van der Waals surface area contributed by atoms with E-state index in [-0.39, 0.29) is 5.91 Å². The lowest BCUT2D eigenvalue weighted by Crippen LogP contribution is -2.49. The quantitative estimate of drug-likeness (QED) is 0.628. The summed E-state index contributed by atoms with van der Waals surface area (Å²) in [6, 6.07) is 11.7. The number of methoxy groups -OCH3 is 2. The lowest BCUT2D eigenvalue weighted by Gasteiger charge is -2.37. The normalized spacial score (nSPS) is 13.7. The van der Waals surface area contributed by atoms with Crippen LogP contribution in [0.25, 0.3) is 10.9 Å². The predicted molar refractivity (Wildman–Crippen MR) is 124 cm³/mol. The number of piperazine rings is 1. The SMILES string of the molecule is COc1cc(OC)cc(C(=O)N2CCN(c3c(C#N)cnc4c(C)cc(C)cc34)CC2)c1. The zero-order chi connectivity index (χ0) is 22.8. The number of anilines is 1. The van der Waals surface area contributed by atoms with E-state index in [1.165, 1.54) is 0 Å². The lowest BCUT2D eigenvalue weighted by atomic mass is 10.0. The standard InChI is InChI=1S/C25H26N4O3/c1-16-9-17(2)23-22(10-16)24(19(14-26)15-27-23)28-5-7-29(8-6-28)25(30)18-11-20(31-3)13-21(12-18)32-4/h9-13,15H,5-8H2,1-4H3. The molecular formula is C25H26N4O3. The molecule has 0 saturated carbocycles. The largest absolute Gasteiger partial charge is 0.497 e. The van der Waals surface area contributed by atoms with Gasteiger partial charge in [-0.05, 0) is 37.6 Å². The Kier molecular flexibility index (Phi) is 5.87. The van der Waals surface area contributed by atoms with Gasteiger partial charge in [0.05, 0.1) is 31.0 Å². The van der Waals surface area contributed by atoms with Crippen molar-refractivity contribution in [2.45, 2.75) is 13.8 Å². The minimum atomic E-state index is -0.0615. The first kappa shape index (κ1) is 21.4. The second-order valence-electron chi connectivity index (χ2n) is 7.99. The Hall–Kier alpha value is -3.79. The molecule has 1 fully saturated rings. The van der Waals surface area contributed by atoms with Crippen molar-refractivity contribution in [2.24, 2.45) is 0 Å². The highest BCUT2D eigenvalue weighted by Crippen LogP contribution is 2.33. The number of nitrogens with zero attached hydrogens (tertiary/aromatic N) is 4. The first-order valence-electron chi connectivity index (χ1n) is 10.5. The Bertz CT molecular complexity index is 1200. The number of carbonyl (C=O) groups is 1. The fourth-order valence-electron chi connectivity index (χ4n) is 4.32. The Labute approximate surface area is 187 Å².